The maximum atomic E-state index is 11.5. The minimum Gasteiger partial charge on any atom is -0.495 e. The van der Waals surface area contributed by atoms with Crippen molar-refractivity contribution in [2.24, 2.45) is 0 Å². The predicted octanol–water partition coefficient (Wildman–Crippen LogP) is 1.67. The lowest BCUT2D eigenvalue weighted by molar-refractivity contribution is -0.119. The molecular weight excluding hydrogens is 240 g/mol. The number of anilines is 1. The summed E-state index contributed by atoms with van der Waals surface area (Å²) in [5, 5.41) is 3.49. The van der Waals surface area contributed by atoms with Crippen molar-refractivity contribution in [3.8, 4) is 5.75 Å². The standard InChI is InChI=1S/C12H15ClN2O2/c1-17-11-4-3-9(13)7-10(11)15-6-2-5-14-12(16)8-15/h3-4,7H,2,5-6,8H2,1H3,(H,14,16). The summed E-state index contributed by atoms with van der Waals surface area (Å²) < 4.78 is 5.30. The van der Waals surface area contributed by atoms with Crippen LogP contribution in [0, 0.1) is 0 Å². The first kappa shape index (κ1) is 12.0. The maximum Gasteiger partial charge on any atom is 0.239 e. The highest BCUT2D eigenvalue weighted by Gasteiger charge is 2.18. The van der Waals surface area contributed by atoms with Gasteiger partial charge < -0.3 is 15.0 Å². The lowest BCUT2D eigenvalue weighted by Crippen LogP contribution is -2.33. The first-order valence-corrected chi connectivity index (χ1v) is 5.93. The summed E-state index contributed by atoms with van der Waals surface area (Å²) in [5.74, 6) is 0.772. The molecule has 4 nitrogen and oxygen atoms in total. The van der Waals surface area contributed by atoms with E-state index in [9.17, 15) is 4.79 Å². The van der Waals surface area contributed by atoms with Crippen LogP contribution in [0.25, 0.3) is 0 Å². The van der Waals surface area contributed by atoms with Crippen LogP contribution in [-0.2, 0) is 4.79 Å². The van der Waals surface area contributed by atoms with Crippen molar-refractivity contribution < 1.29 is 9.53 Å². The first-order valence-electron chi connectivity index (χ1n) is 5.56. The fourth-order valence-electron chi connectivity index (χ4n) is 1.92. The minimum atomic E-state index is 0.0320. The van der Waals surface area contributed by atoms with Crippen LogP contribution in [0.15, 0.2) is 18.2 Å². The second-order valence-corrected chi connectivity index (χ2v) is 4.38. The van der Waals surface area contributed by atoms with Crippen molar-refractivity contribution in [3.63, 3.8) is 0 Å². The molecule has 1 saturated heterocycles. The number of nitrogens with one attached hydrogen (secondary N) is 1. The van der Waals surface area contributed by atoms with Crippen molar-refractivity contribution in [3.05, 3.63) is 23.2 Å². The van der Waals surface area contributed by atoms with Gasteiger partial charge in [0, 0.05) is 18.1 Å². The molecule has 1 aromatic rings. The number of carbonyl (C=O) groups is 1. The zero-order valence-corrected chi connectivity index (χ0v) is 10.5. The Bertz CT molecular complexity index is 423. The molecular formula is C12H15ClN2O2. The molecule has 0 unspecified atom stereocenters. The van der Waals surface area contributed by atoms with Crippen molar-refractivity contribution in [2.75, 3.05) is 31.6 Å². The number of rotatable bonds is 2. The number of halogens is 1. The molecule has 1 heterocycles. The zero-order chi connectivity index (χ0) is 12.3. The van der Waals surface area contributed by atoms with Gasteiger partial charge in [0.2, 0.25) is 5.91 Å². The van der Waals surface area contributed by atoms with E-state index in [4.69, 9.17) is 16.3 Å². The summed E-state index contributed by atoms with van der Waals surface area (Å²) in [6.45, 7) is 1.88. The Kier molecular flexibility index (Phi) is 3.74. The van der Waals surface area contributed by atoms with Crippen LogP contribution in [-0.4, -0.2) is 32.7 Å². The van der Waals surface area contributed by atoms with E-state index < -0.39 is 0 Å². The molecule has 1 aliphatic rings. The largest absolute Gasteiger partial charge is 0.495 e. The van der Waals surface area contributed by atoms with Gasteiger partial charge in [-0.3, -0.25) is 4.79 Å². The molecule has 0 aromatic heterocycles. The Morgan fingerprint density at radius 3 is 3.06 bits per heavy atom. The molecule has 5 heteroatoms. The third kappa shape index (κ3) is 2.82. The number of benzene rings is 1. The minimum absolute atomic E-state index is 0.0320. The van der Waals surface area contributed by atoms with E-state index in [1.165, 1.54) is 0 Å². The molecule has 0 saturated carbocycles. The van der Waals surface area contributed by atoms with Gasteiger partial charge in [-0.2, -0.15) is 0 Å². The third-order valence-corrected chi connectivity index (χ3v) is 2.98. The van der Waals surface area contributed by atoms with Crippen LogP contribution in [0.3, 0.4) is 0 Å². The molecule has 0 radical (unpaired) electrons. The number of hydrogen-bond donors (Lipinski definition) is 1. The fourth-order valence-corrected chi connectivity index (χ4v) is 2.09. The summed E-state index contributed by atoms with van der Waals surface area (Å²) in [5.41, 5.74) is 0.872. The number of ether oxygens (including phenoxy) is 1. The lowest BCUT2D eigenvalue weighted by Gasteiger charge is -2.23. The van der Waals surface area contributed by atoms with E-state index in [1.54, 1.807) is 13.2 Å². The van der Waals surface area contributed by atoms with E-state index >= 15 is 0 Å². The number of amides is 1. The average Bonchev–Trinajstić information content (AvgIpc) is 2.54. The topological polar surface area (TPSA) is 41.6 Å². The number of carbonyl (C=O) groups excluding carboxylic acids is 1. The summed E-state index contributed by atoms with van der Waals surface area (Å²) >= 11 is 5.99. The maximum absolute atomic E-state index is 11.5. The third-order valence-electron chi connectivity index (χ3n) is 2.74. The van der Waals surface area contributed by atoms with E-state index in [2.05, 4.69) is 5.32 Å². The number of hydrogen-bond acceptors (Lipinski definition) is 3. The summed E-state index contributed by atoms with van der Waals surface area (Å²) in [7, 11) is 1.62. The van der Waals surface area contributed by atoms with E-state index in [1.807, 2.05) is 17.0 Å². The van der Waals surface area contributed by atoms with Gasteiger partial charge in [0.25, 0.3) is 0 Å². The monoisotopic (exact) mass is 254 g/mol. The van der Waals surface area contributed by atoms with Crippen molar-refractivity contribution in [2.45, 2.75) is 6.42 Å². The summed E-state index contributed by atoms with van der Waals surface area (Å²) in [6.07, 6.45) is 0.918. The molecule has 1 amide bonds. The SMILES string of the molecule is COc1ccc(Cl)cc1N1CCCNC(=O)C1. The van der Waals surface area contributed by atoms with Crippen LogP contribution in [0.2, 0.25) is 5.02 Å². The van der Waals surface area contributed by atoms with E-state index in [-0.39, 0.29) is 5.91 Å². The average molecular weight is 255 g/mol. The van der Waals surface area contributed by atoms with Crippen LogP contribution in [0.5, 0.6) is 5.75 Å². The van der Waals surface area contributed by atoms with Crippen molar-refractivity contribution in [1.29, 1.82) is 0 Å². The highest BCUT2D eigenvalue weighted by Crippen LogP contribution is 2.31. The van der Waals surface area contributed by atoms with Crippen LogP contribution in [0.1, 0.15) is 6.42 Å². The highest BCUT2D eigenvalue weighted by molar-refractivity contribution is 6.31. The molecule has 1 aromatic carbocycles. The Hall–Kier alpha value is -1.42. The van der Waals surface area contributed by atoms with Gasteiger partial charge in [0.05, 0.1) is 19.3 Å². The molecule has 1 fully saturated rings. The molecule has 2 rings (SSSR count). The number of nitrogens with zero attached hydrogens (tertiary/aromatic N) is 1. The smallest absolute Gasteiger partial charge is 0.239 e. The molecule has 1 aliphatic heterocycles. The zero-order valence-electron chi connectivity index (χ0n) is 9.70. The van der Waals surface area contributed by atoms with Crippen molar-refractivity contribution in [1.82, 2.24) is 5.32 Å². The summed E-state index contributed by atoms with van der Waals surface area (Å²) in [6, 6.07) is 5.43. The summed E-state index contributed by atoms with van der Waals surface area (Å²) in [4.78, 5) is 13.5. The molecule has 0 bridgehead atoms. The van der Waals surface area contributed by atoms with Gasteiger partial charge in [-0.15, -0.1) is 0 Å². The lowest BCUT2D eigenvalue weighted by atomic mass is 10.2. The Labute approximate surface area is 106 Å². The van der Waals surface area contributed by atoms with Gasteiger partial charge in [0.15, 0.2) is 0 Å². The normalized spacial score (nSPS) is 16.4. The fraction of sp³-hybridized carbons (Fsp3) is 0.417. The van der Waals surface area contributed by atoms with Crippen LogP contribution >= 0.6 is 11.6 Å². The molecule has 92 valence electrons. The van der Waals surface area contributed by atoms with E-state index in [0.717, 1.165) is 30.9 Å². The molecule has 17 heavy (non-hydrogen) atoms. The van der Waals surface area contributed by atoms with Gasteiger partial charge in [0.1, 0.15) is 5.75 Å². The molecule has 1 N–H and O–H groups in total. The Balaban J connectivity index is 2.30. The predicted molar refractivity (Wildman–Crippen MR) is 67.8 cm³/mol. The second kappa shape index (κ2) is 5.27. The van der Waals surface area contributed by atoms with Gasteiger partial charge >= 0.3 is 0 Å². The van der Waals surface area contributed by atoms with Crippen LogP contribution < -0.4 is 15.0 Å². The first-order chi connectivity index (χ1) is 8.20. The number of methoxy groups -OCH3 is 1. The van der Waals surface area contributed by atoms with Crippen molar-refractivity contribution >= 4 is 23.2 Å². The van der Waals surface area contributed by atoms with Gasteiger partial charge in [-0.25, -0.2) is 0 Å². The Morgan fingerprint density at radius 1 is 1.47 bits per heavy atom. The molecule has 0 atom stereocenters. The molecule has 0 aliphatic carbocycles. The second-order valence-electron chi connectivity index (χ2n) is 3.94. The van der Waals surface area contributed by atoms with E-state index in [0.29, 0.717) is 11.6 Å². The quantitative estimate of drug-likeness (QED) is 0.873. The highest BCUT2D eigenvalue weighted by atomic mass is 35.5. The molecule has 0 spiro atoms. The van der Waals surface area contributed by atoms with Gasteiger partial charge in [-0.05, 0) is 24.6 Å². The van der Waals surface area contributed by atoms with Gasteiger partial charge in [-0.1, -0.05) is 11.6 Å². The Morgan fingerprint density at radius 2 is 2.29 bits per heavy atom. The van der Waals surface area contributed by atoms with Crippen LogP contribution in [0.4, 0.5) is 5.69 Å².